The summed E-state index contributed by atoms with van der Waals surface area (Å²) in [5.74, 6) is 0.982. The molecule has 0 aliphatic heterocycles. The largest absolute Gasteiger partial charge is 0.489 e. The van der Waals surface area contributed by atoms with Crippen molar-refractivity contribution in [2.45, 2.75) is 11.8 Å². The lowest BCUT2D eigenvalue weighted by atomic mass is 10.1. The van der Waals surface area contributed by atoms with E-state index in [2.05, 4.69) is 15.5 Å². The molecule has 0 saturated carbocycles. The zero-order valence-electron chi connectivity index (χ0n) is 15.5. The predicted molar refractivity (Wildman–Crippen MR) is 111 cm³/mol. The number of carbonyl (C=O) groups is 1. The molecule has 0 radical (unpaired) electrons. The molecule has 0 spiro atoms. The standard InChI is InChI=1S/C22H18N4O2S/c27-21(16-29-22-23-24-25-26(22)19-9-5-2-6-10-19)18-11-13-20(14-12-18)28-15-17-7-3-1-4-8-17/h1-14H,15-16H2. The number of hydrogen-bond donors (Lipinski definition) is 0. The fourth-order valence-corrected chi connectivity index (χ4v) is 3.48. The number of carbonyl (C=O) groups excluding carboxylic acids is 1. The van der Waals surface area contributed by atoms with E-state index in [1.54, 1.807) is 16.8 Å². The maximum absolute atomic E-state index is 12.5. The Hall–Kier alpha value is -3.45. The number of hydrogen-bond acceptors (Lipinski definition) is 6. The van der Waals surface area contributed by atoms with Crippen LogP contribution >= 0.6 is 11.8 Å². The molecule has 144 valence electrons. The van der Waals surface area contributed by atoms with Crippen molar-refractivity contribution in [3.8, 4) is 11.4 Å². The number of tetrazole rings is 1. The van der Waals surface area contributed by atoms with Gasteiger partial charge < -0.3 is 4.74 Å². The van der Waals surface area contributed by atoms with Gasteiger partial charge in [0.15, 0.2) is 5.78 Å². The normalized spacial score (nSPS) is 10.6. The Morgan fingerprint density at radius 1 is 0.897 bits per heavy atom. The van der Waals surface area contributed by atoms with Crippen LogP contribution in [-0.4, -0.2) is 31.7 Å². The number of thioether (sulfide) groups is 1. The van der Waals surface area contributed by atoms with Crippen molar-refractivity contribution < 1.29 is 9.53 Å². The molecular formula is C22H18N4O2S. The van der Waals surface area contributed by atoms with Crippen LogP contribution in [0.4, 0.5) is 0 Å². The maximum Gasteiger partial charge on any atom is 0.214 e. The minimum atomic E-state index is 0.00669. The fraction of sp³-hybridized carbons (Fsp3) is 0.0909. The molecule has 0 bridgehead atoms. The lowest BCUT2D eigenvalue weighted by molar-refractivity contribution is 0.102. The number of Topliss-reactive ketones (excluding diaryl/α,β-unsaturated/α-hetero) is 1. The minimum absolute atomic E-state index is 0.00669. The summed E-state index contributed by atoms with van der Waals surface area (Å²) >= 11 is 1.31. The molecule has 29 heavy (non-hydrogen) atoms. The second kappa shape index (κ2) is 9.16. The van der Waals surface area contributed by atoms with Crippen LogP contribution in [-0.2, 0) is 6.61 Å². The number of ether oxygens (including phenoxy) is 1. The Balaban J connectivity index is 1.34. The molecule has 0 aliphatic carbocycles. The van der Waals surface area contributed by atoms with Crippen molar-refractivity contribution >= 4 is 17.5 Å². The van der Waals surface area contributed by atoms with Crippen molar-refractivity contribution in [2.75, 3.05) is 5.75 Å². The highest BCUT2D eigenvalue weighted by Gasteiger charge is 2.13. The number of ketones is 1. The highest BCUT2D eigenvalue weighted by atomic mass is 32.2. The topological polar surface area (TPSA) is 69.9 Å². The minimum Gasteiger partial charge on any atom is -0.489 e. The monoisotopic (exact) mass is 402 g/mol. The number of para-hydroxylation sites is 1. The van der Waals surface area contributed by atoms with E-state index in [0.717, 1.165) is 17.0 Å². The smallest absolute Gasteiger partial charge is 0.214 e. The number of rotatable bonds is 8. The summed E-state index contributed by atoms with van der Waals surface area (Å²) in [5, 5.41) is 12.3. The van der Waals surface area contributed by atoms with Gasteiger partial charge in [-0.25, -0.2) is 0 Å². The average molecular weight is 402 g/mol. The molecule has 3 aromatic carbocycles. The van der Waals surface area contributed by atoms with Gasteiger partial charge in [-0.1, -0.05) is 60.3 Å². The van der Waals surface area contributed by atoms with Crippen LogP contribution in [0.1, 0.15) is 15.9 Å². The SMILES string of the molecule is O=C(CSc1nnnn1-c1ccccc1)c1ccc(OCc2ccccc2)cc1. The molecule has 0 atom stereocenters. The van der Waals surface area contributed by atoms with Crippen molar-refractivity contribution in [2.24, 2.45) is 0 Å². The van der Waals surface area contributed by atoms with Crippen LogP contribution in [0.25, 0.3) is 5.69 Å². The molecule has 0 saturated heterocycles. The Bertz CT molecular complexity index is 1070. The van der Waals surface area contributed by atoms with Crippen LogP contribution in [0.3, 0.4) is 0 Å². The fourth-order valence-electron chi connectivity index (χ4n) is 2.69. The first kappa shape index (κ1) is 18.9. The summed E-state index contributed by atoms with van der Waals surface area (Å²) < 4.78 is 7.39. The second-order valence-electron chi connectivity index (χ2n) is 6.22. The van der Waals surface area contributed by atoms with Gasteiger partial charge in [0.05, 0.1) is 11.4 Å². The molecule has 4 rings (SSSR count). The number of nitrogens with zero attached hydrogens (tertiary/aromatic N) is 4. The van der Waals surface area contributed by atoms with Crippen LogP contribution in [0.15, 0.2) is 90.1 Å². The van der Waals surface area contributed by atoms with Crippen LogP contribution in [0, 0.1) is 0 Å². The predicted octanol–water partition coefficient (Wildman–Crippen LogP) is 4.22. The van der Waals surface area contributed by atoms with E-state index in [-0.39, 0.29) is 11.5 Å². The van der Waals surface area contributed by atoms with Gasteiger partial charge >= 0.3 is 0 Å². The summed E-state index contributed by atoms with van der Waals surface area (Å²) in [7, 11) is 0. The van der Waals surface area contributed by atoms with Gasteiger partial charge in [-0.3, -0.25) is 4.79 Å². The van der Waals surface area contributed by atoms with Gasteiger partial charge in [-0.2, -0.15) is 4.68 Å². The Morgan fingerprint density at radius 3 is 2.31 bits per heavy atom. The van der Waals surface area contributed by atoms with Crippen molar-refractivity contribution in [1.82, 2.24) is 20.2 Å². The molecule has 6 nitrogen and oxygen atoms in total. The van der Waals surface area contributed by atoms with Crippen molar-refractivity contribution in [3.63, 3.8) is 0 Å². The second-order valence-corrected chi connectivity index (χ2v) is 7.16. The molecule has 0 unspecified atom stereocenters. The zero-order valence-corrected chi connectivity index (χ0v) is 16.3. The van der Waals surface area contributed by atoms with Crippen LogP contribution in [0.2, 0.25) is 0 Å². The quantitative estimate of drug-likeness (QED) is 0.325. The average Bonchev–Trinajstić information content (AvgIpc) is 3.26. The maximum atomic E-state index is 12.5. The first-order chi connectivity index (χ1) is 14.3. The van der Waals surface area contributed by atoms with Crippen molar-refractivity contribution in [1.29, 1.82) is 0 Å². The lowest BCUT2D eigenvalue weighted by Crippen LogP contribution is -2.05. The molecule has 0 aliphatic rings. The lowest BCUT2D eigenvalue weighted by Gasteiger charge is -2.07. The summed E-state index contributed by atoms with van der Waals surface area (Å²) in [6.45, 7) is 0.492. The highest BCUT2D eigenvalue weighted by molar-refractivity contribution is 7.99. The van der Waals surface area contributed by atoms with Crippen molar-refractivity contribution in [3.05, 3.63) is 96.1 Å². The molecule has 1 aromatic heterocycles. The van der Waals surface area contributed by atoms with Gasteiger partial charge in [0, 0.05) is 5.56 Å². The summed E-state index contributed by atoms with van der Waals surface area (Å²) in [6, 6.07) is 26.7. The third-order valence-corrected chi connectivity index (χ3v) is 5.12. The van der Waals surface area contributed by atoms with E-state index >= 15 is 0 Å². The van der Waals surface area contributed by atoms with E-state index in [4.69, 9.17) is 4.74 Å². The number of benzene rings is 3. The van der Waals surface area contributed by atoms with Gasteiger partial charge in [-0.05, 0) is 52.4 Å². The summed E-state index contributed by atoms with van der Waals surface area (Å²) in [6.07, 6.45) is 0. The van der Waals surface area contributed by atoms with E-state index in [9.17, 15) is 4.79 Å². The first-order valence-electron chi connectivity index (χ1n) is 9.06. The van der Waals surface area contributed by atoms with Crippen LogP contribution < -0.4 is 4.74 Å². The third kappa shape index (κ3) is 4.89. The Labute approximate surface area is 172 Å². The van der Waals surface area contributed by atoms with E-state index in [1.165, 1.54) is 11.8 Å². The van der Waals surface area contributed by atoms with Gasteiger partial charge in [-0.15, -0.1) is 5.10 Å². The van der Waals surface area contributed by atoms with Gasteiger partial charge in [0.1, 0.15) is 12.4 Å². The molecule has 0 amide bonds. The Morgan fingerprint density at radius 2 is 1.59 bits per heavy atom. The van der Waals surface area contributed by atoms with E-state index < -0.39 is 0 Å². The summed E-state index contributed by atoms with van der Waals surface area (Å²) in [5.41, 5.74) is 2.58. The van der Waals surface area contributed by atoms with E-state index in [0.29, 0.717) is 17.3 Å². The number of aromatic nitrogens is 4. The van der Waals surface area contributed by atoms with Gasteiger partial charge in [0.25, 0.3) is 0 Å². The Kier molecular flexibility index (Phi) is 5.97. The molecule has 7 heteroatoms. The highest BCUT2D eigenvalue weighted by Crippen LogP contribution is 2.20. The molecule has 0 fully saturated rings. The third-order valence-electron chi connectivity index (χ3n) is 4.20. The molecule has 4 aromatic rings. The summed E-state index contributed by atoms with van der Waals surface area (Å²) in [4.78, 5) is 12.5. The molecule has 0 N–H and O–H groups in total. The van der Waals surface area contributed by atoms with Crippen LogP contribution in [0.5, 0.6) is 5.75 Å². The molecule has 1 heterocycles. The first-order valence-corrected chi connectivity index (χ1v) is 10.0. The molecular weight excluding hydrogens is 384 g/mol. The van der Waals surface area contributed by atoms with Gasteiger partial charge in [0.2, 0.25) is 5.16 Å². The zero-order chi connectivity index (χ0) is 19.9. The van der Waals surface area contributed by atoms with E-state index in [1.807, 2.05) is 72.8 Å².